The highest BCUT2D eigenvalue weighted by molar-refractivity contribution is 6.05. The van der Waals surface area contributed by atoms with Crippen molar-refractivity contribution in [3.8, 4) is 0 Å². The number of nitrogens with zero attached hydrogens (tertiary/aromatic N) is 2. The predicted octanol–water partition coefficient (Wildman–Crippen LogP) is 5.04. The van der Waals surface area contributed by atoms with E-state index in [-0.39, 0.29) is 37.5 Å². The lowest BCUT2D eigenvalue weighted by Gasteiger charge is -2.37. The molecule has 8 heteroatoms. The van der Waals surface area contributed by atoms with E-state index in [4.69, 9.17) is 9.47 Å². The third-order valence-corrected chi connectivity index (χ3v) is 9.78. The van der Waals surface area contributed by atoms with E-state index in [0.717, 1.165) is 17.2 Å². The first-order chi connectivity index (χ1) is 20.7. The first-order valence-corrected chi connectivity index (χ1v) is 15.5. The van der Waals surface area contributed by atoms with Gasteiger partial charge in [0.15, 0.2) is 0 Å². The van der Waals surface area contributed by atoms with Crippen molar-refractivity contribution in [3.63, 3.8) is 0 Å². The Hall–Kier alpha value is -3.49. The van der Waals surface area contributed by atoms with Crippen LogP contribution < -0.4 is 4.90 Å². The fraction of sp³-hybridized carbons (Fsp3) is 0.514. The van der Waals surface area contributed by atoms with Gasteiger partial charge in [-0.3, -0.25) is 14.4 Å². The van der Waals surface area contributed by atoms with Crippen molar-refractivity contribution >= 4 is 34.2 Å². The number of amides is 2. The van der Waals surface area contributed by atoms with Gasteiger partial charge < -0.3 is 24.4 Å². The highest BCUT2D eigenvalue weighted by Gasteiger charge is 2.80. The molecular formula is C35H44N2O6. The standard InChI is InChI=1S/C35H44N2O6/c1-5-7-13-21-42-33(41)29-28-31(39)37(19-11-8-12-20-38)30(35(28)23-24(3)34(29,4)43-35)32(40)36(18-6-2)27-17-16-25-14-9-10-15-26(25)22-27/h5-6,9-10,14-17,22,24,28-30,38H,1-2,7-8,11-13,18-21,23H2,3-4H3/t24?,28-,29+,30?,34-,35?/m0/s1. The van der Waals surface area contributed by atoms with Crippen molar-refractivity contribution < 1.29 is 29.0 Å². The molecule has 6 atom stereocenters. The first kappa shape index (κ1) is 31.0. The Morgan fingerprint density at radius 3 is 2.60 bits per heavy atom. The van der Waals surface area contributed by atoms with Gasteiger partial charge in [0.25, 0.3) is 5.91 Å². The number of benzene rings is 2. The molecule has 0 saturated carbocycles. The molecule has 43 heavy (non-hydrogen) atoms. The SMILES string of the molecule is C=CCCCOC(=O)[C@H]1[C@H]2C(=O)N(CCCCCO)C(C(=O)N(CC=C)c3ccc4ccccc4c3)C23CC(C)[C@]1(C)O3. The summed E-state index contributed by atoms with van der Waals surface area (Å²) in [5.74, 6) is -2.61. The molecule has 2 aromatic carbocycles. The van der Waals surface area contributed by atoms with Gasteiger partial charge in [-0.2, -0.15) is 0 Å². The van der Waals surface area contributed by atoms with Gasteiger partial charge in [0.05, 0.1) is 18.1 Å². The Morgan fingerprint density at radius 2 is 1.88 bits per heavy atom. The normalized spacial score (nSPS) is 29.1. The monoisotopic (exact) mass is 588 g/mol. The Morgan fingerprint density at radius 1 is 1.12 bits per heavy atom. The summed E-state index contributed by atoms with van der Waals surface area (Å²) in [6.45, 7) is 12.5. The van der Waals surface area contributed by atoms with Crippen LogP contribution in [0.4, 0.5) is 5.69 Å². The zero-order valence-electron chi connectivity index (χ0n) is 25.4. The molecule has 3 heterocycles. The molecular weight excluding hydrogens is 544 g/mol. The summed E-state index contributed by atoms with van der Waals surface area (Å²) in [5, 5.41) is 11.4. The lowest BCUT2D eigenvalue weighted by molar-refractivity contribution is -0.161. The third-order valence-electron chi connectivity index (χ3n) is 9.78. The number of hydrogen-bond donors (Lipinski definition) is 1. The van der Waals surface area contributed by atoms with E-state index in [2.05, 4.69) is 13.2 Å². The van der Waals surface area contributed by atoms with Crippen LogP contribution in [0, 0.1) is 17.8 Å². The van der Waals surface area contributed by atoms with Gasteiger partial charge in [0.2, 0.25) is 5.91 Å². The Balaban J connectivity index is 1.54. The summed E-state index contributed by atoms with van der Waals surface area (Å²) in [6, 6.07) is 12.9. The maximum atomic E-state index is 14.8. The van der Waals surface area contributed by atoms with Crippen LogP contribution in [0.15, 0.2) is 67.8 Å². The van der Waals surface area contributed by atoms with Gasteiger partial charge in [-0.05, 0) is 74.3 Å². The van der Waals surface area contributed by atoms with Crippen molar-refractivity contribution in [1.29, 1.82) is 0 Å². The van der Waals surface area contributed by atoms with E-state index in [1.54, 1.807) is 22.0 Å². The molecule has 230 valence electrons. The molecule has 8 nitrogen and oxygen atoms in total. The van der Waals surface area contributed by atoms with Gasteiger partial charge in [-0.25, -0.2) is 0 Å². The Bertz CT molecular complexity index is 1390. The van der Waals surface area contributed by atoms with Crippen molar-refractivity contribution in [2.75, 3.05) is 31.2 Å². The summed E-state index contributed by atoms with van der Waals surface area (Å²) < 4.78 is 12.6. The van der Waals surface area contributed by atoms with E-state index >= 15 is 0 Å². The van der Waals surface area contributed by atoms with E-state index in [1.807, 2.05) is 56.3 Å². The van der Waals surface area contributed by atoms with Crippen LogP contribution in [0.25, 0.3) is 10.8 Å². The lowest BCUT2D eigenvalue weighted by Crippen LogP contribution is -2.57. The number of fused-ring (bicyclic) bond motifs is 2. The summed E-state index contributed by atoms with van der Waals surface area (Å²) in [6.07, 6.45) is 7.28. The molecule has 3 saturated heterocycles. The smallest absolute Gasteiger partial charge is 0.312 e. The van der Waals surface area contributed by atoms with Crippen LogP contribution in [-0.2, 0) is 23.9 Å². The minimum atomic E-state index is -1.15. The highest BCUT2D eigenvalue weighted by atomic mass is 16.6. The van der Waals surface area contributed by atoms with Crippen LogP contribution >= 0.6 is 0 Å². The third kappa shape index (κ3) is 5.29. The Kier molecular flexibility index (Phi) is 9.09. The number of carbonyl (C=O) groups is 3. The largest absolute Gasteiger partial charge is 0.465 e. The average Bonchev–Trinajstić information content (AvgIpc) is 3.52. The van der Waals surface area contributed by atoms with Crippen LogP contribution in [-0.4, -0.2) is 71.3 Å². The van der Waals surface area contributed by atoms with Crippen molar-refractivity contribution in [3.05, 3.63) is 67.8 Å². The van der Waals surface area contributed by atoms with Gasteiger partial charge in [-0.15, -0.1) is 13.2 Å². The molecule has 3 fully saturated rings. The minimum absolute atomic E-state index is 0.0662. The number of hydrogen-bond acceptors (Lipinski definition) is 6. The first-order valence-electron chi connectivity index (χ1n) is 15.5. The molecule has 1 spiro atoms. The van der Waals surface area contributed by atoms with E-state index < -0.39 is 35.0 Å². The number of allylic oxidation sites excluding steroid dienone is 1. The fourth-order valence-corrected chi connectivity index (χ4v) is 7.62. The van der Waals surface area contributed by atoms with Crippen LogP contribution in [0.3, 0.4) is 0 Å². The molecule has 0 radical (unpaired) electrons. The van der Waals surface area contributed by atoms with Crippen LogP contribution in [0.1, 0.15) is 52.4 Å². The summed E-state index contributed by atoms with van der Waals surface area (Å²) in [7, 11) is 0. The molecule has 0 aliphatic carbocycles. The molecule has 3 unspecified atom stereocenters. The van der Waals surface area contributed by atoms with Crippen molar-refractivity contribution in [1.82, 2.24) is 4.90 Å². The number of carbonyl (C=O) groups excluding carboxylic acids is 3. The maximum absolute atomic E-state index is 14.8. The van der Waals surface area contributed by atoms with Crippen LogP contribution in [0.2, 0.25) is 0 Å². The summed E-state index contributed by atoms with van der Waals surface area (Å²) in [5.41, 5.74) is -1.37. The summed E-state index contributed by atoms with van der Waals surface area (Å²) >= 11 is 0. The zero-order valence-corrected chi connectivity index (χ0v) is 25.4. The molecule has 2 amide bonds. The lowest BCUT2D eigenvalue weighted by atomic mass is 9.62. The van der Waals surface area contributed by atoms with Crippen LogP contribution in [0.5, 0.6) is 0 Å². The average molecular weight is 589 g/mol. The van der Waals surface area contributed by atoms with E-state index in [0.29, 0.717) is 44.3 Å². The maximum Gasteiger partial charge on any atom is 0.312 e. The second-order valence-electron chi connectivity index (χ2n) is 12.4. The number of likely N-dealkylation sites (tertiary alicyclic amines) is 1. The quantitative estimate of drug-likeness (QED) is 0.189. The van der Waals surface area contributed by atoms with Crippen molar-refractivity contribution in [2.24, 2.45) is 17.8 Å². The number of unbranched alkanes of at least 4 members (excludes halogenated alkanes) is 3. The minimum Gasteiger partial charge on any atom is -0.465 e. The highest BCUT2D eigenvalue weighted by Crippen LogP contribution is 2.65. The van der Waals surface area contributed by atoms with Gasteiger partial charge >= 0.3 is 5.97 Å². The molecule has 2 aromatic rings. The van der Waals surface area contributed by atoms with Gasteiger partial charge in [-0.1, -0.05) is 49.4 Å². The molecule has 2 bridgehead atoms. The molecule has 5 rings (SSSR count). The second-order valence-corrected chi connectivity index (χ2v) is 12.4. The Labute approximate surface area is 254 Å². The zero-order chi connectivity index (χ0) is 30.8. The number of rotatable bonds is 14. The molecule has 0 aromatic heterocycles. The van der Waals surface area contributed by atoms with Gasteiger partial charge in [0.1, 0.15) is 17.6 Å². The van der Waals surface area contributed by atoms with E-state index in [9.17, 15) is 19.5 Å². The van der Waals surface area contributed by atoms with Gasteiger partial charge in [0, 0.05) is 25.4 Å². The molecule has 3 aliphatic rings. The van der Waals surface area contributed by atoms with Crippen molar-refractivity contribution in [2.45, 2.75) is 69.6 Å². The predicted molar refractivity (Wildman–Crippen MR) is 166 cm³/mol. The fourth-order valence-electron chi connectivity index (χ4n) is 7.62. The number of anilines is 1. The van der Waals surface area contributed by atoms with E-state index in [1.165, 1.54) is 0 Å². The summed E-state index contributed by atoms with van der Waals surface area (Å²) in [4.78, 5) is 46.2. The number of esters is 1. The second kappa shape index (κ2) is 12.6. The molecule has 1 N–H and O–H groups in total. The topological polar surface area (TPSA) is 96.4 Å². The number of ether oxygens (including phenoxy) is 2. The number of aliphatic hydroxyl groups excluding tert-OH is 1. The molecule has 3 aliphatic heterocycles. The number of aliphatic hydroxyl groups is 1.